The fourth-order valence-electron chi connectivity index (χ4n) is 10.8. The van der Waals surface area contributed by atoms with E-state index >= 15 is 0 Å². The molecule has 0 amide bonds. The van der Waals surface area contributed by atoms with E-state index in [-0.39, 0.29) is 26.5 Å². The van der Waals surface area contributed by atoms with E-state index in [0.29, 0.717) is 11.5 Å². The number of para-hydroxylation sites is 4. The summed E-state index contributed by atoms with van der Waals surface area (Å²) in [5.41, 5.74) is 18.9. The monoisotopic (exact) mass is 1170 g/mol. The maximum Gasteiger partial charge on any atom is 0.268 e. The van der Waals surface area contributed by atoms with Gasteiger partial charge in [0, 0.05) is 44.3 Å². The number of hydrogen-bond acceptors (Lipinski definition) is 2. The summed E-state index contributed by atoms with van der Waals surface area (Å²) in [5.74, 6) is 1.94. The quantitative estimate of drug-likeness (QED) is 0.101. The Kier molecular flexibility index (Phi) is 12.9. The van der Waals surface area contributed by atoms with E-state index in [4.69, 9.17) is 9.72 Å². The topological polar surface area (TPSA) is 35.9 Å². The molecule has 0 aliphatic heterocycles. The molecular weight excluding hydrogens is 1120 g/mol. The van der Waals surface area contributed by atoms with Gasteiger partial charge in [0.05, 0.1) is 16.7 Å². The van der Waals surface area contributed by atoms with Crippen LogP contribution < -0.4 is 9.30 Å². The van der Waals surface area contributed by atoms with Crippen LogP contribution in [0.5, 0.6) is 11.5 Å². The van der Waals surface area contributed by atoms with E-state index in [0.717, 1.165) is 111 Å². The number of rotatable bonds is 10. The summed E-state index contributed by atoms with van der Waals surface area (Å²) in [6.07, 6.45) is 5.75. The zero-order valence-electron chi connectivity index (χ0n) is 43.1. The van der Waals surface area contributed by atoms with Crippen LogP contribution in [0, 0.1) is 25.4 Å². The van der Waals surface area contributed by atoms with Gasteiger partial charge in [0.1, 0.15) is 5.82 Å². The maximum absolute atomic E-state index is 7.32. The smallest absolute Gasteiger partial charge is 0.268 e. The van der Waals surface area contributed by atoms with E-state index < -0.39 is 0 Å². The molecule has 6 heteroatoms. The summed E-state index contributed by atoms with van der Waals surface area (Å²) >= 11 is 0. The van der Waals surface area contributed by atoms with E-state index in [9.17, 15) is 0 Å². The first-order valence-electron chi connectivity index (χ1n) is 25.9. The number of ether oxygens (including phenoxy) is 1. The van der Waals surface area contributed by atoms with E-state index in [1.54, 1.807) is 0 Å². The van der Waals surface area contributed by atoms with Gasteiger partial charge >= 0.3 is 0 Å². The minimum atomic E-state index is -0.0859. The van der Waals surface area contributed by atoms with Crippen molar-refractivity contribution in [3.63, 3.8) is 0 Å². The van der Waals surface area contributed by atoms with Gasteiger partial charge in [0.2, 0.25) is 0 Å². The van der Waals surface area contributed by atoms with Crippen LogP contribution >= 0.6 is 0 Å². The van der Waals surface area contributed by atoms with Crippen LogP contribution in [-0.4, -0.2) is 14.1 Å². The van der Waals surface area contributed by atoms with Crippen molar-refractivity contribution in [3.05, 3.63) is 272 Å². The number of nitrogens with zero attached hydrogens (tertiary/aromatic N) is 4. The molecule has 13 aromatic rings. The van der Waals surface area contributed by atoms with Crippen molar-refractivity contribution in [1.82, 2.24) is 14.1 Å². The second kappa shape index (κ2) is 20.3. The molecule has 0 spiro atoms. The van der Waals surface area contributed by atoms with Crippen LogP contribution in [-0.2, 0) is 26.5 Å². The molecule has 3 aromatic heterocycles. The van der Waals surface area contributed by atoms with Crippen LogP contribution in [0.15, 0.2) is 243 Å². The second-order valence-corrected chi connectivity index (χ2v) is 20.4. The van der Waals surface area contributed by atoms with Crippen molar-refractivity contribution in [2.75, 3.05) is 0 Å². The van der Waals surface area contributed by atoms with Crippen molar-refractivity contribution in [2.45, 2.75) is 33.1 Å². The third kappa shape index (κ3) is 9.07. The first kappa shape index (κ1) is 49.0. The predicted molar refractivity (Wildman–Crippen MR) is 311 cm³/mol. The van der Waals surface area contributed by atoms with Crippen LogP contribution in [0.4, 0.5) is 0 Å². The normalized spacial score (nSPS) is 11.5. The average molecular weight is 1170 g/mol. The summed E-state index contributed by atoms with van der Waals surface area (Å²) in [4.78, 5) is 5.02. The Morgan fingerprint density at radius 2 is 1.05 bits per heavy atom. The van der Waals surface area contributed by atoms with E-state index in [1.807, 2.05) is 18.3 Å². The summed E-state index contributed by atoms with van der Waals surface area (Å²) in [6, 6.07) is 91.1. The average Bonchev–Trinajstić information content (AvgIpc) is 4.03. The minimum Gasteiger partial charge on any atom is -0.509 e. The van der Waals surface area contributed by atoms with Gasteiger partial charge in [-0.3, -0.25) is 4.57 Å². The molecule has 5 nitrogen and oxygen atoms in total. The number of benzene rings is 10. The second-order valence-electron chi connectivity index (χ2n) is 20.4. The summed E-state index contributed by atoms with van der Waals surface area (Å²) < 4.78 is 13.9. The molecule has 0 atom stereocenters. The molecule has 77 heavy (non-hydrogen) atoms. The van der Waals surface area contributed by atoms with E-state index in [1.165, 1.54) is 5.56 Å². The van der Waals surface area contributed by atoms with Crippen LogP contribution in [0.1, 0.15) is 31.9 Å². The van der Waals surface area contributed by atoms with Crippen molar-refractivity contribution >= 4 is 32.8 Å². The molecule has 0 saturated carbocycles. The van der Waals surface area contributed by atoms with Gasteiger partial charge in [0.25, 0.3) is 6.33 Å². The Labute approximate surface area is 464 Å². The summed E-state index contributed by atoms with van der Waals surface area (Å²) in [5, 5.41) is 2.15. The van der Waals surface area contributed by atoms with Gasteiger partial charge in [-0.1, -0.05) is 225 Å². The Morgan fingerprint density at radius 3 is 1.71 bits per heavy atom. The van der Waals surface area contributed by atoms with Crippen LogP contribution in [0.25, 0.3) is 106 Å². The van der Waals surface area contributed by atoms with Crippen LogP contribution in [0.2, 0.25) is 0 Å². The molecule has 0 saturated heterocycles. The Bertz CT molecular complexity index is 4230. The number of fused-ring (bicyclic) bond motifs is 4. The maximum atomic E-state index is 7.32. The molecule has 3 heterocycles. The van der Waals surface area contributed by atoms with Gasteiger partial charge < -0.3 is 13.9 Å². The Balaban J connectivity index is 0.00000596. The first-order valence-corrected chi connectivity index (χ1v) is 25.9. The van der Waals surface area contributed by atoms with Gasteiger partial charge in [-0.2, -0.15) is 18.2 Å². The molecule has 0 aliphatic carbocycles. The predicted octanol–water partition coefficient (Wildman–Crippen LogP) is 17.5. The molecule has 374 valence electrons. The largest absolute Gasteiger partial charge is 0.509 e. The van der Waals surface area contributed by atoms with Crippen molar-refractivity contribution in [2.24, 2.45) is 0 Å². The molecule has 0 radical (unpaired) electrons. The summed E-state index contributed by atoms with van der Waals surface area (Å²) in [7, 11) is 0. The standard InChI is InChI=1S/C71H52N4O.Pt/c1-48-60(52-29-15-8-16-30-52)41-53(49-23-9-5-10-24-49)42-61(48)63-45-62-59-33-17-18-36-64(59)75(69-43-54(39-40-72-69)71(2,3)4)67(62)46-68(63)76-56-32-21-31-55(44-56)73-47-74(66-38-20-19-37-65(66)73)70-57(50-25-11-6-12-26-50)34-22-35-58(70)51-27-13-7-14-28-51;/h5-43,45H,1-4H3;/q-2;. The van der Waals surface area contributed by atoms with Crippen molar-refractivity contribution < 1.29 is 30.4 Å². The molecular formula is C71H52N4OPt-2. The number of hydrogen-bond donors (Lipinski definition) is 0. The van der Waals surface area contributed by atoms with Crippen LogP contribution in [0.3, 0.4) is 0 Å². The zero-order valence-corrected chi connectivity index (χ0v) is 45.4. The third-order valence-corrected chi connectivity index (χ3v) is 14.6. The Hall–Kier alpha value is -8.89. The molecule has 0 N–H and O–H groups in total. The molecule has 0 aliphatic rings. The van der Waals surface area contributed by atoms with Crippen molar-refractivity contribution in [1.29, 1.82) is 0 Å². The van der Waals surface area contributed by atoms with E-state index in [2.05, 4.69) is 284 Å². The molecule has 0 fully saturated rings. The molecule has 0 bridgehead atoms. The van der Waals surface area contributed by atoms with Gasteiger partial charge in [0.15, 0.2) is 0 Å². The SMILES string of the molecule is Cc1c(-c2ccccc2)cc(-c2ccccc2)cc1-c1cc2c3ccccc3n(-c3cc(C(C)(C)C)ccn3)c2[c-]c1Oc1[c-]c(-n2[c-][n+](-c3c(-c4ccccc4)cccc3-c3ccccc3)c3ccccc32)ccc1.[Pt]. The minimum absolute atomic E-state index is 0. The van der Waals surface area contributed by atoms with Gasteiger partial charge in [-0.25, -0.2) is 4.98 Å². The summed E-state index contributed by atoms with van der Waals surface area (Å²) in [6.45, 7) is 8.94. The first-order chi connectivity index (χ1) is 37.2. The number of aromatic nitrogens is 4. The number of pyridine rings is 1. The molecule has 0 unspecified atom stereocenters. The zero-order chi connectivity index (χ0) is 51.3. The third-order valence-electron chi connectivity index (χ3n) is 14.6. The van der Waals surface area contributed by atoms with Crippen molar-refractivity contribution in [3.8, 4) is 84.3 Å². The molecule has 10 aromatic carbocycles. The molecule has 13 rings (SSSR count). The Morgan fingerprint density at radius 1 is 0.481 bits per heavy atom. The van der Waals surface area contributed by atoms with Gasteiger partial charge in [-0.05, 0) is 103 Å². The van der Waals surface area contributed by atoms with Gasteiger partial charge in [-0.15, -0.1) is 23.6 Å². The number of imidazole rings is 1. The fourth-order valence-corrected chi connectivity index (χ4v) is 10.8. The fraction of sp³-hybridized carbons (Fsp3) is 0.0704.